The fourth-order valence-electron chi connectivity index (χ4n) is 1.56. The molecule has 0 bridgehead atoms. The van der Waals surface area contributed by atoms with Gasteiger partial charge in [-0.3, -0.25) is 4.79 Å². The van der Waals surface area contributed by atoms with Crippen LogP contribution in [0, 0.1) is 0 Å². The summed E-state index contributed by atoms with van der Waals surface area (Å²) in [5.74, 6) is 0.690. The maximum atomic E-state index is 12.0. The van der Waals surface area contributed by atoms with Crippen LogP contribution in [0.2, 0.25) is 0 Å². The summed E-state index contributed by atoms with van der Waals surface area (Å²) < 4.78 is 40.6. The number of carbonyl (C=O) groups is 1. The number of nitrogens with two attached hydrogens (primary N) is 1. The predicted octanol–water partition coefficient (Wildman–Crippen LogP) is 2.32. The van der Waals surface area contributed by atoms with Crippen LogP contribution < -0.4 is 15.8 Å². The Morgan fingerprint density at radius 2 is 2.00 bits per heavy atom. The van der Waals surface area contributed by atoms with Gasteiger partial charge in [-0.1, -0.05) is 12.1 Å². The van der Waals surface area contributed by atoms with E-state index >= 15 is 0 Å². The molecule has 0 fully saturated rings. The summed E-state index contributed by atoms with van der Waals surface area (Å²) in [7, 11) is 0. The van der Waals surface area contributed by atoms with Gasteiger partial charge in [0, 0.05) is 6.54 Å². The molecule has 22 heavy (non-hydrogen) atoms. The molecule has 0 radical (unpaired) electrons. The van der Waals surface area contributed by atoms with Crippen LogP contribution in [0.1, 0.15) is 12.0 Å². The number of alkyl halides is 3. The summed E-state index contributed by atoms with van der Waals surface area (Å²) in [4.78, 5) is 11.7. The highest BCUT2D eigenvalue weighted by molar-refractivity contribution is 7.98. The van der Waals surface area contributed by atoms with Gasteiger partial charge in [0.15, 0.2) is 6.61 Å². The normalized spacial score (nSPS) is 12.8. The third kappa shape index (κ3) is 7.56. The predicted molar refractivity (Wildman–Crippen MR) is 80.8 cm³/mol. The van der Waals surface area contributed by atoms with Crippen molar-refractivity contribution in [2.75, 3.05) is 18.6 Å². The Morgan fingerprint density at radius 3 is 2.55 bits per heavy atom. The number of ether oxygens (including phenoxy) is 1. The number of benzene rings is 1. The highest BCUT2D eigenvalue weighted by Crippen LogP contribution is 2.18. The molecule has 1 rings (SSSR count). The van der Waals surface area contributed by atoms with Crippen LogP contribution in [0.3, 0.4) is 0 Å². The van der Waals surface area contributed by atoms with Crippen molar-refractivity contribution < 1.29 is 22.7 Å². The Kier molecular flexibility index (Phi) is 7.53. The lowest BCUT2D eigenvalue weighted by Crippen LogP contribution is -2.40. The van der Waals surface area contributed by atoms with Crippen molar-refractivity contribution in [1.82, 2.24) is 5.32 Å². The summed E-state index contributed by atoms with van der Waals surface area (Å²) in [6, 6.07) is 5.50. The maximum Gasteiger partial charge on any atom is 0.422 e. The first-order valence-corrected chi connectivity index (χ1v) is 8.02. The van der Waals surface area contributed by atoms with Crippen LogP contribution in [0.25, 0.3) is 0 Å². The van der Waals surface area contributed by atoms with Crippen molar-refractivity contribution in [2.24, 2.45) is 5.73 Å². The largest absolute Gasteiger partial charge is 0.484 e. The Hall–Kier alpha value is -1.41. The molecule has 0 aliphatic carbocycles. The lowest BCUT2D eigenvalue weighted by Gasteiger charge is -2.12. The van der Waals surface area contributed by atoms with Gasteiger partial charge < -0.3 is 15.8 Å². The first kappa shape index (κ1) is 18.6. The van der Waals surface area contributed by atoms with Gasteiger partial charge in [0.05, 0.1) is 6.04 Å². The van der Waals surface area contributed by atoms with Crippen molar-refractivity contribution >= 4 is 17.7 Å². The lowest BCUT2D eigenvalue weighted by molar-refractivity contribution is -0.153. The molecule has 1 amide bonds. The molecule has 0 aromatic heterocycles. The summed E-state index contributed by atoms with van der Waals surface area (Å²) in [5, 5.41) is 2.69. The summed E-state index contributed by atoms with van der Waals surface area (Å²) in [6.07, 6.45) is -1.83. The fraction of sp³-hybridized carbons (Fsp3) is 0.500. The number of hydrogen-bond acceptors (Lipinski definition) is 4. The molecule has 1 aromatic rings. The van der Waals surface area contributed by atoms with Crippen LogP contribution >= 0.6 is 11.8 Å². The number of thioether (sulfide) groups is 1. The number of rotatable bonds is 8. The topological polar surface area (TPSA) is 64.4 Å². The quantitative estimate of drug-likeness (QED) is 0.765. The molecule has 0 saturated carbocycles. The van der Waals surface area contributed by atoms with Crippen LogP contribution in [-0.4, -0.2) is 36.7 Å². The van der Waals surface area contributed by atoms with Crippen molar-refractivity contribution in [3.8, 4) is 5.75 Å². The fourth-order valence-corrected chi connectivity index (χ4v) is 2.05. The average molecular weight is 336 g/mol. The molecule has 0 saturated heterocycles. The first-order valence-electron chi connectivity index (χ1n) is 6.62. The molecule has 0 heterocycles. The second-order valence-electron chi connectivity index (χ2n) is 4.65. The molecule has 3 N–H and O–H groups in total. The van der Waals surface area contributed by atoms with E-state index in [0.717, 1.165) is 11.3 Å². The Morgan fingerprint density at radius 1 is 1.36 bits per heavy atom. The van der Waals surface area contributed by atoms with Gasteiger partial charge in [0.25, 0.3) is 0 Å². The Bertz CT molecular complexity index is 466. The van der Waals surface area contributed by atoms with E-state index in [1.807, 2.05) is 6.26 Å². The van der Waals surface area contributed by atoms with E-state index in [0.29, 0.717) is 6.42 Å². The van der Waals surface area contributed by atoms with Gasteiger partial charge in [0.1, 0.15) is 5.75 Å². The summed E-state index contributed by atoms with van der Waals surface area (Å²) in [6.45, 7) is -1.06. The molecular weight excluding hydrogens is 317 g/mol. The van der Waals surface area contributed by atoms with Crippen LogP contribution in [0.15, 0.2) is 24.3 Å². The van der Waals surface area contributed by atoms with E-state index in [-0.39, 0.29) is 18.2 Å². The third-order valence-corrected chi connectivity index (χ3v) is 3.41. The molecule has 0 spiro atoms. The molecule has 1 aromatic carbocycles. The van der Waals surface area contributed by atoms with Crippen molar-refractivity contribution in [3.63, 3.8) is 0 Å². The van der Waals surface area contributed by atoms with E-state index in [1.54, 1.807) is 23.9 Å². The van der Waals surface area contributed by atoms with Gasteiger partial charge in [-0.15, -0.1) is 0 Å². The molecule has 4 nitrogen and oxygen atoms in total. The van der Waals surface area contributed by atoms with Crippen LogP contribution in [0.4, 0.5) is 13.2 Å². The lowest BCUT2D eigenvalue weighted by atomic mass is 10.2. The van der Waals surface area contributed by atoms with Crippen molar-refractivity contribution in [1.29, 1.82) is 0 Å². The number of halogens is 3. The third-order valence-electron chi connectivity index (χ3n) is 2.76. The zero-order valence-electron chi connectivity index (χ0n) is 12.2. The van der Waals surface area contributed by atoms with Crippen molar-refractivity contribution in [3.05, 3.63) is 29.8 Å². The van der Waals surface area contributed by atoms with E-state index < -0.39 is 18.8 Å². The first-order chi connectivity index (χ1) is 10.3. The zero-order chi connectivity index (χ0) is 16.6. The van der Waals surface area contributed by atoms with E-state index in [4.69, 9.17) is 5.73 Å². The van der Waals surface area contributed by atoms with E-state index in [9.17, 15) is 18.0 Å². The van der Waals surface area contributed by atoms with Gasteiger partial charge in [-0.25, -0.2) is 0 Å². The standard InChI is InChI=1S/C14H19F3N2O2S/c1-22-7-6-12(18)13(20)19-8-10-2-4-11(5-3-10)21-9-14(15,16)17/h2-5,12H,6-9,18H2,1H3,(H,19,20)/t12-/m0/s1. The zero-order valence-corrected chi connectivity index (χ0v) is 13.0. The molecular formula is C14H19F3N2O2S. The van der Waals surface area contributed by atoms with E-state index in [1.165, 1.54) is 12.1 Å². The monoisotopic (exact) mass is 336 g/mol. The van der Waals surface area contributed by atoms with Crippen LogP contribution in [0.5, 0.6) is 5.75 Å². The average Bonchev–Trinajstić information content (AvgIpc) is 2.48. The number of carbonyl (C=O) groups excluding carboxylic acids is 1. The molecule has 0 unspecified atom stereocenters. The van der Waals surface area contributed by atoms with Crippen LogP contribution in [-0.2, 0) is 11.3 Å². The SMILES string of the molecule is CSCC[C@H](N)C(=O)NCc1ccc(OCC(F)(F)F)cc1. The highest BCUT2D eigenvalue weighted by atomic mass is 32.2. The van der Waals surface area contributed by atoms with Gasteiger partial charge in [0.2, 0.25) is 5.91 Å². The molecule has 124 valence electrons. The minimum absolute atomic E-state index is 0.129. The van der Waals surface area contributed by atoms with Gasteiger partial charge in [-0.2, -0.15) is 24.9 Å². The second-order valence-corrected chi connectivity index (χ2v) is 5.64. The highest BCUT2D eigenvalue weighted by Gasteiger charge is 2.28. The Labute approximate surface area is 131 Å². The van der Waals surface area contributed by atoms with Crippen molar-refractivity contribution in [2.45, 2.75) is 25.2 Å². The molecule has 8 heteroatoms. The number of nitrogens with one attached hydrogen (secondary N) is 1. The maximum absolute atomic E-state index is 12.0. The Balaban J connectivity index is 2.39. The minimum Gasteiger partial charge on any atom is -0.484 e. The summed E-state index contributed by atoms with van der Waals surface area (Å²) in [5.41, 5.74) is 6.47. The number of amides is 1. The second kappa shape index (κ2) is 8.89. The minimum atomic E-state index is -4.36. The van der Waals surface area contributed by atoms with E-state index in [2.05, 4.69) is 10.1 Å². The van der Waals surface area contributed by atoms with Gasteiger partial charge >= 0.3 is 6.18 Å². The smallest absolute Gasteiger partial charge is 0.422 e. The summed E-state index contributed by atoms with van der Waals surface area (Å²) >= 11 is 1.62. The molecule has 0 aliphatic rings. The number of hydrogen-bond donors (Lipinski definition) is 2. The molecule has 1 atom stereocenters. The molecule has 0 aliphatic heterocycles. The van der Waals surface area contributed by atoms with Gasteiger partial charge in [-0.05, 0) is 36.1 Å².